The van der Waals surface area contributed by atoms with E-state index in [0.717, 1.165) is 38.9 Å². The van der Waals surface area contributed by atoms with Crippen molar-refractivity contribution in [2.24, 2.45) is 5.41 Å². The van der Waals surface area contributed by atoms with Gasteiger partial charge in [-0.15, -0.1) is 0 Å². The van der Waals surface area contributed by atoms with Crippen LogP contribution in [0.2, 0.25) is 0 Å². The Morgan fingerprint density at radius 2 is 0.909 bits per heavy atom. The van der Waals surface area contributed by atoms with Crippen LogP contribution in [0.3, 0.4) is 0 Å². The van der Waals surface area contributed by atoms with Crippen LogP contribution in [0, 0.1) is 5.41 Å². The molecule has 0 heterocycles. The molecule has 0 fully saturated rings. The van der Waals surface area contributed by atoms with Crippen molar-refractivity contribution in [1.29, 1.82) is 0 Å². The molecule has 0 atom stereocenters. The van der Waals surface area contributed by atoms with Crippen molar-refractivity contribution >= 4 is 17.9 Å². The SMILES string of the molecule is CCCNCCC(=O)OCC(CO)(COC(=O)CCNCCC)COC(=O)CCNCCC. The Bertz CT molecular complexity index is 463. The van der Waals surface area contributed by atoms with Gasteiger partial charge in [-0.25, -0.2) is 0 Å². The van der Waals surface area contributed by atoms with E-state index in [9.17, 15) is 19.5 Å². The van der Waals surface area contributed by atoms with Crippen LogP contribution in [0.25, 0.3) is 0 Å². The zero-order valence-corrected chi connectivity index (χ0v) is 20.7. The van der Waals surface area contributed by atoms with Gasteiger partial charge in [-0.3, -0.25) is 14.4 Å². The van der Waals surface area contributed by atoms with E-state index in [1.54, 1.807) is 0 Å². The second-order valence-electron chi connectivity index (χ2n) is 8.14. The fourth-order valence-electron chi connectivity index (χ4n) is 2.66. The first-order valence-electron chi connectivity index (χ1n) is 12.1. The zero-order valence-electron chi connectivity index (χ0n) is 20.7. The van der Waals surface area contributed by atoms with Gasteiger partial charge < -0.3 is 35.3 Å². The van der Waals surface area contributed by atoms with Crippen LogP contribution in [-0.4, -0.2) is 88.7 Å². The third-order valence-electron chi connectivity index (χ3n) is 4.75. The highest BCUT2D eigenvalue weighted by Crippen LogP contribution is 2.20. The van der Waals surface area contributed by atoms with E-state index in [1.165, 1.54) is 0 Å². The number of aliphatic hydroxyl groups excluding tert-OH is 1. The smallest absolute Gasteiger partial charge is 0.307 e. The number of aliphatic hydroxyl groups is 1. The summed E-state index contributed by atoms with van der Waals surface area (Å²) < 4.78 is 16.0. The first kappa shape index (κ1) is 31.2. The van der Waals surface area contributed by atoms with Crippen LogP contribution in [0.5, 0.6) is 0 Å². The molecule has 0 aromatic carbocycles. The lowest BCUT2D eigenvalue weighted by Gasteiger charge is -2.30. The molecule has 194 valence electrons. The summed E-state index contributed by atoms with van der Waals surface area (Å²) >= 11 is 0. The summed E-state index contributed by atoms with van der Waals surface area (Å²) in [5.41, 5.74) is -1.22. The van der Waals surface area contributed by atoms with E-state index in [4.69, 9.17) is 14.2 Å². The molecule has 0 rings (SSSR count). The average Bonchev–Trinajstić information content (AvgIpc) is 2.82. The summed E-state index contributed by atoms with van der Waals surface area (Å²) in [6, 6.07) is 0. The minimum Gasteiger partial charge on any atom is -0.465 e. The highest BCUT2D eigenvalue weighted by Gasteiger charge is 2.35. The highest BCUT2D eigenvalue weighted by molar-refractivity contribution is 5.70. The Kier molecular flexibility index (Phi) is 19.7. The lowest BCUT2D eigenvalue weighted by atomic mass is 9.92. The minimum absolute atomic E-state index is 0.174. The monoisotopic (exact) mass is 475 g/mol. The molecule has 0 aromatic rings. The molecule has 0 saturated carbocycles. The molecule has 0 unspecified atom stereocenters. The van der Waals surface area contributed by atoms with Crippen molar-refractivity contribution in [1.82, 2.24) is 16.0 Å². The fraction of sp³-hybridized carbons (Fsp3) is 0.870. The molecular formula is C23H45N3O7. The number of rotatable bonds is 22. The Balaban J connectivity index is 4.78. The van der Waals surface area contributed by atoms with Gasteiger partial charge in [0.15, 0.2) is 0 Å². The lowest BCUT2D eigenvalue weighted by molar-refractivity contribution is -0.165. The third-order valence-corrected chi connectivity index (χ3v) is 4.75. The van der Waals surface area contributed by atoms with E-state index in [1.807, 2.05) is 20.8 Å². The molecule has 0 aliphatic heterocycles. The highest BCUT2D eigenvalue weighted by atomic mass is 16.6. The number of ether oxygens (including phenoxy) is 3. The number of hydrogen-bond acceptors (Lipinski definition) is 10. The average molecular weight is 476 g/mol. The third kappa shape index (κ3) is 17.4. The number of hydrogen-bond donors (Lipinski definition) is 4. The largest absolute Gasteiger partial charge is 0.465 e. The maximum absolute atomic E-state index is 12.1. The van der Waals surface area contributed by atoms with Gasteiger partial charge in [-0.2, -0.15) is 0 Å². The molecule has 0 bridgehead atoms. The summed E-state index contributed by atoms with van der Waals surface area (Å²) in [5.74, 6) is -1.33. The maximum atomic E-state index is 12.1. The van der Waals surface area contributed by atoms with Gasteiger partial charge in [0.2, 0.25) is 0 Å². The molecule has 10 nitrogen and oxygen atoms in total. The van der Waals surface area contributed by atoms with Gasteiger partial charge in [0.05, 0.1) is 31.3 Å². The topological polar surface area (TPSA) is 135 Å². The Morgan fingerprint density at radius 1 is 0.606 bits per heavy atom. The van der Waals surface area contributed by atoms with Crippen LogP contribution in [0.15, 0.2) is 0 Å². The first-order chi connectivity index (χ1) is 15.9. The van der Waals surface area contributed by atoms with Crippen LogP contribution >= 0.6 is 0 Å². The van der Waals surface area contributed by atoms with E-state index in [0.29, 0.717) is 19.6 Å². The van der Waals surface area contributed by atoms with Gasteiger partial charge >= 0.3 is 17.9 Å². The van der Waals surface area contributed by atoms with Crippen LogP contribution in [0.1, 0.15) is 59.3 Å². The molecule has 0 amide bonds. The Hall–Kier alpha value is -1.75. The number of carbonyl (C=O) groups is 3. The molecule has 0 radical (unpaired) electrons. The molecule has 0 aliphatic carbocycles. The lowest BCUT2D eigenvalue weighted by Crippen LogP contribution is -2.43. The van der Waals surface area contributed by atoms with E-state index in [2.05, 4.69) is 16.0 Å². The molecule has 0 spiro atoms. The first-order valence-corrected chi connectivity index (χ1v) is 12.1. The molecular weight excluding hydrogens is 430 g/mol. The quantitative estimate of drug-likeness (QED) is 0.101. The summed E-state index contributed by atoms with van der Waals surface area (Å²) in [4.78, 5) is 36.2. The summed E-state index contributed by atoms with van der Waals surface area (Å²) in [6.07, 6.45) is 3.40. The van der Waals surface area contributed by atoms with Crippen molar-refractivity contribution in [2.75, 3.05) is 65.7 Å². The molecule has 4 N–H and O–H groups in total. The summed E-state index contributed by atoms with van der Waals surface area (Å²) in [7, 11) is 0. The van der Waals surface area contributed by atoms with Crippen molar-refractivity contribution in [3.63, 3.8) is 0 Å². The molecule has 10 heteroatoms. The standard InChI is InChI=1S/C23H45N3O7/c1-4-10-24-13-7-20(28)31-17-23(16-27,18-32-21(29)8-14-25-11-5-2)19-33-22(30)9-15-26-12-6-3/h24-27H,4-19H2,1-3H3. The molecule has 0 aliphatic rings. The van der Waals surface area contributed by atoms with E-state index < -0.39 is 29.9 Å². The second kappa shape index (κ2) is 20.8. The fourth-order valence-corrected chi connectivity index (χ4v) is 2.66. The molecule has 0 saturated heterocycles. The van der Waals surface area contributed by atoms with E-state index in [-0.39, 0.29) is 39.1 Å². The predicted molar refractivity (Wildman–Crippen MR) is 126 cm³/mol. The van der Waals surface area contributed by atoms with Crippen molar-refractivity contribution in [3.05, 3.63) is 0 Å². The van der Waals surface area contributed by atoms with Gasteiger partial charge in [0.1, 0.15) is 19.8 Å². The van der Waals surface area contributed by atoms with Crippen molar-refractivity contribution in [2.45, 2.75) is 59.3 Å². The van der Waals surface area contributed by atoms with Crippen molar-refractivity contribution < 1.29 is 33.7 Å². The maximum Gasteiger partial charge on any atom is 0.307 e. The minimum atomic E-state index is -1.22. The molecule has 0 aromatic heterocycles. The van der Waals surface area contributed by atoms with Crippen LogP contribution in [-0.2, 0) is 28.6 Å². The van der Waals surface area contributed by atoms with Gasteiger partial charge in [-0.05, 0) is 38.9 Å². The summed E-state index contributed by atoms with van der Waals surface area (Å²) in [5, 5.41) is 19.4. The van der Waals surface area contributed by atoms with Gasteiger partial charge in [-0.1, -0.05) is 20.8 Å². The predicted octanol–water partition coefficient (Wildman–Crippen LogP) is 0.764. The zero-order chi connectivity index (χ0) is 24.8. The number of nitrogens with one attached hydrogen (secondary N) is 3. The van der Waals surface area contributed by atoms with E-state index >= 15 is 0 Å². The Morgan fingerprint density at radius 3 is 1.15 bits per heavy atom. The van der Waals surface area contributed by atoms with Crippen molar-refractivity contribution in [3.8, 4) is 0 Å². The summed E-state index contributed by atoms with van der Waals surface area (Å²) in [6.45, 7) is 8.82. The van der Waals surface area contributed by atoms with Gasteiger partial charge in [0.25, 0.3) is 0 Å². The Labute approximate surface area is 198 Å². The van der Waals surface area contributed by atoms with Crippen LogP contribution in [0.4, 0.5) is 0 Å². The normalized spacial score (nSPS) is 11.3. The number of carbonyl (C=O) groups excluding carboxylic acids is 3. The van der Waals surface area contributed by atoms with Crippen LogP contribution < -0.4 is 16.0 Å². The van der Waals surface area contributed by atoms with Gasteiger partial charge in [0, 0.05) is 19.6 Å². The number of esters is 3. The molecule has 33 heavy (non-hydrogen) atoms. The second-order valence-corrected chi connectivity index (χ2v) is 8.14.